The largest absolute Gasteiger partial charge is 0.505 e. The van der Waals surface area contributed by atoms with Gasteiger partial charge in [-0.25, -0.2) is 4.98 Å². The second-order valence-corrected chi connectivity index (χ2v) is 17.9. The molecule has 0 saturated carbocycles. The highest BCUT2D eigenvalue weighted by molar-refractivity contribution is 8.44. The molecule has 16 heteroatoms. The minimum Gasteiger partial charge on any atom is -0.505 e. The number of Topliss-reactive ketones (excluding diaryl/α,β-unsaturated/α-hetero) is 1. The van der Waals surface area contributed by atoms with E-state index in [1.165, 1.54) is 62.9 Å². The molecule has 2 aliphatic rings. The number of aromatic hydroxyl groups is 1. The number of allylic oxidation sites excluding steroid dienone is 2. The van der Waals surface area contributed by atoms with E-state index in [0.29, 0.717) is 14.9 Å². The van der Waals surface area contributed by atoms with Crippen molar-refractivity contribution in [3.8, 4) is 11.5 Å². The number of ketones is 1. The number of hydrogen-bond donors (Lipinski definition) is 4. The van der Waals surface area contributed by atoms with Gasteiger partial charge in [0.15, 0.2) is 11.2 Å². The van der Waals surface area contributed by atoms with E-state index >= 15 is 0 Å². The van der Waals surface area contributed by atoms with Crippen molar-refractivity contribution in [2.45, 2.75) is 90.5 Å². The molecule has 2 unspecified atom stereocenters. The third-order valence-electron chi connectivity index (χ3n) is 11.5. The van der Waals surface area contributed by atoms with Crippen LogP contribution in [-0.2, 0) is 23.8 Å². The number of methoxy groups -OCH3 is 1. The van der Waals surface area contributed by atoms with Crippen molar-refractivity contribution in [3.05, 3.63) is 75.7 Å². The van der Waals surface area contributed by atoms with Crippen molar-refractivity contribution in [1.29, 1.82) is 0 Å². The minimum absolute atomic E-state index is 0.0169. The normalized spacial score (nSPS) is 28.2. The summed E-state index contributed by atoms with van der Waals surface area (Å²) in [5, 5.41) is 37.6. The van der Waals surface area contributed by atoms with Crippen LogP contribution in [0.2, 0.25) is 0 Å². The van der Waals surface area contributed by atoms with Crippen LogP contribution in [0.3, 0.4) is 0 Å². The number of para-hydroxylation sites is 1. The van der Waals surface area contributed by atoms with Gasteiger partial charge in [-0.15, -0.1) is 22.7 Å². The van der Waals surface area contributed by atoms with Gasteiger partial charge >= 0.3 is 11.8 Å². The van der Waals surface area contributed by atoms with Crippen LogP contribution in [0.1, 0.15) is 64.4 Å². The van der Waals surface area contributed by atoms with E-state index in [4.69, 9.17) is 23.9 Å². The average molecular weight is 865 g/mol. The average Bonchev–Trinajstić information content (AvgIpc) is 3.47. The van der Waals surface area contributed by atoms with E-state index in [1.807, 2.05) is 18.2 Å². The van der Waals surface area contributed by atoms with Crippen molar-refractivity contribution >= 4 is 85.7 Å². The van der Waals surface area contributed by atoms with Gasteiger partial charge in [0.1, 0.15) is 17.5 Å². The molecule has 13 nitrogen and oxygen atoms in total. The Morgan fingerprint density at radius 2 is 1.73 bits per heavy atom. The molecule has 2 aliphatic heterocycles. The number of phenols is 1. The second-order valence-electron chi connectivity index (χ2n) is 15.4. The number of ether oxygens (including phenoxy) is 4. The molecule has 0 aliphatic carbocycles. The van der Waals surface area contributed by atoms with E-state index in [0.717, 1.165) is 4.90 Å². The SMILES string of the molecule is CO[C@H]1C=COC2(C)Oc3c(C)c(=O)c4c(O)c(c5sc6cccc(SP)c6nc5c4c3C2=O)NC(=O)C(C)=CC=C[C@H](C)[C@H](O)[C@@H](C)[C@@H](O)[C@@H](C)[C@H](OC(C)=O)[C@@H]1C. The molecule has 1 amide bonds. The molecule has 3 aromatic carbocycles. The number of fused-ring (bicyclic) bond motifs is 2. The van der Waals surface area contributed by atoms with Crippen molar-refractivity contribution in [2.75, 3.05) is 12.4 Å². The number of rotatable bonds is 3. The number of aromatic nitrogens is 1. The predicted octanol–water partition coefficient (Wildman–Crippen LogP) is 7.35. The Balaban J connectivity index is 1.60. The number of benzene rings is 3. The Bertz CT molecular complexity index is 2520. The maximum Gasteiger partial charge on any atom is 0.312 e. The van der Waals surface area contributed by atoms with Crippen LogP contribution in [0, 0.1) is 30.6 Å². The summed E-state index contributed by atoms with van der Waals surface area (Å²) in [6, 6.07) is 5.59. The molecule has 314 valence electrons. The van der Waals surface area contributed by atoms with Gasteiger partial charge in [0, 0.05) is 66.0 Å². The van der Waals surface area contributed by atoms with Gasteiger partial charge < -0.3 is 39.6 Å². The molecule has 0 saturated heterocycles. The fraction of sp³-hybridized carbons (Fsp3) is 0.419. The number of aliphatic hydroxyl groups excluding tert-OH is 2. The molecule has 4 aromatic rings. The fourth-order valence-corrected chi connectivity index (χ4v) is 10.1. The molecule has 6 rings (SSSR count). The van der Waals surface area contributed by atoms with E-state index in [2.05, 4.69) is 13.8 Å². The number of hydrogen-bond acceptors (Lipinski definition) is 14. The molecule has 0 radical (unpaired) electrons. The Labute approximate surface area is 351 Å². The molecule has 1 aromatic heterocycles. The van der Waals surface area contributed by atoms with E-state index in [9.17, 15) is 34.5 Å². The first-order valence-electron chi connectivity index (χ1n) is 19.1. The molecule has 59 heavy (non-hydrogen) atoms. The zero-order valence-corrected chi connectivity index (χ0v) is 37.0. The molecule has 4 N–H and O–H groups in total. The van der Waals surface area contributed by atoms with Crippen LogP contribution in [0.15, 0.2) is 64.0 Å². The summed E-state index contributed by atoms with van der Waals surface area (Å²) in [6.45, 7) is 12.7. The lowest BCUT2D eigenvalue weighted by Gasteiger charge is -2.38. The Hall–Kier alpha value is -4.37. The van der Waals surface area contributed by atoms with Crippen LogP contribution in [0.4, 0.5) is 5.69 Å². The highest BCUT2D eigenvalue weighted by atomic mass is 32.7. The number of aliphatic hydroxyl groups is 2. The highest BCUT2D eigenvalue weighted by Crippen LogP contribution is 2.50. The summed E-state index contributed by atoms with van der Waals surface area (Å²) in [5.41, 5.74) is 0.336. The van der Waals surface area contributed by atoms with Gasteiger partial charge in [-0.2, -0.15) is 0 Å². The molecular weight excluding hydrogens is 816 g/mol. The summed E-state index contributed by atoms with van der Waals surface area (Å²) in [6.07, 6.45) is 3.82. The predicted molar refractivity (Wildman–Crippen MR) is 233 cm³/mol. The molecule has 3 heterocycles. The maximum absolute atomic E-state index is 14.7. The number of phenolic OH excluding ortho intramolecular Hbond substituents is 1. The number of carbonyl (C=O) groups is 3. The maximum atomic E-state index is 14.7. The summed E-state index contributed by atoms with van der Waals surface area (Å²) < 4.78 is 24.9. The third kappa shape index (κ3) is 8.01. The number of anilines is 1. The first kappa shape index (κ1) is 44.2. The van der Waals surface area contributed by atoms with Gasteiger partial charge in [-0.3, -0.25) is 19.2 Å². The lowest BCUT2D eigenvalue weighted by atomic mass is 9.78. The van der Waals surface area contributed by atoms with E-state index in [1.54, 1.807) is 52.8 Å². The molecular formula is C43H49N2O11PS2. The lowest BCUT2D eigenvalue weighted by molar-refractivity contribution is -0.160. The van der Waals surface area contributed by atoms with Crippen LogP contribution in [-0.4, -0.2) is 75.3 Å². The minimum atomic E-state index is -1.99. The standard InChI is InChI=1S/C43H49N2O11PS2/c1-18-12-10-13-19(2)42(52)45-33-37(50)29-28(32-40(33)58-26-14-11-15-27(59-57)31(26)44-32)30-39(23(6)36(29)49)56-43(8,41(30)51)54-17-16-25(53-9)20(3)38(55-24(7)46)22(5)35(48)21(4)34(18)47/h10-18,20-22,25,34-35,38,47-48,50H,57H2,1-9H3,(H,45,52)/t18-,20+,21+,22+,25-,34-,35+,38+,43?/m0/s1. The topological polar surface area (TPSA) is 191 Å². The smallest absolute Gasteiger partial charge is 0.312 e. The summed E-state index contributed by atoms with van der Waals surface area (Å²) in [7, 11) is 4.05. The highest BCUT2D eigenvalue weighted by Gasteiger charge is 2.49. The van der Waals surface area contributed by atoms with Crippen LogP contribution >= 0.6 is 31.2 Å². The Morgan fingerprint density at radius 3 is 2.39 bits per heavy atom. The van der Waals surface area contributed by atoms with Gasteiger partial charge in [-0.1, -0.05) is 60.4 Å². The first-order valence-corrected chi connectivity index (χ1v) is 22.2. The molecule has 10 atom stereocenters. The van der Waals surface area contributed by atoms with Crippen LogP contribution in [0.25, 0.3) is 31.2 Å². The zero-order chi connectivity index (χ0) is 43.2. The number of nitrogens with zero attached hydrogens (tertiary/aromatic N) is 1. The van der Waals surface area contributed by atoms with Crippen molar-refractivity contribution in [3.63, 3.8) is 0 Å². The van der Waals surface area contributed by atoms with Crippen molar-refractivity contribution < 1.29 is 48.7 Å². The monoisotopic (exact) mass is 864 g/mol. The number of esters is 1. The van der Waals surface area contributed by atoms with Crippen molar-refractivity contribution in [2.24, 2.45) is 23.7 Å². The van der Waals surface area contributed by atoms with Crippen molar-refractivity contribution in [1.82, 2.24) is 4.98 Å². The second kappa shape index (κ2) is 17.3. The van der Waals surface area contributed by atoms with Gasteiger partial charge in [0.05, 0.1) is 56.0 Å². The quantitative estimate of drug-likeness (QED) is 0.0526. The first-order chi connectivity index (χ1) is 27.9. The summed E-state index contributed by atoms with van der Waals surface area (Å²) in [4.78, 5) is 61.0. The number of nitrogens with one attached hydrogen (secondary N) is 1. The van der Waals surface area contributed by atoms with Crippen LogP contribution in [0.5, 0.6) is 11.5 Å². The van der Waals surface area contributed by atoms with E-state index in [-0.39, 0.29) is 44.4 Å². The molecule has 0 spiro atoms. The van der Waals surface area contributed by atoms with Gasteiger partial charge in [0.25, 0.3) is 11.7 Å². The Morgan fingerprint density at radius 1 is 1.02 bits per heavy atom. The number of amides is 1. The fourth-order valence-electron chi connectivity index (χ4n) is 7.90. The summed E-state index contributed by atoms with van der Waals surface area (Å²) in [5.74, 6) is -6.79. The molecule has 4 bridgehead atoms. The Kier molecular flexibility index (Phi) is 13.0. The number of carbonyl (C=O) groups excluding carboxylic acids is 3. The van der Waals surface area contributed by atoms with Gasteiger partial charge in [0.2, 0.25) is 0 Å². The van der Waals surface area contributed by atoms with Crippen LogP contribution < -0.4 is 15.5 Å². The lowest BCUT2D eigenvalue weighted by Crippen LogP contribution is -2.46. The zero-order valence-electron chi connectivity index (χ0n) is 34.2. The summed E-state index contributed by atoms with van der Waals surface area (Å²) >= 11 is 2.61. The molecule has 0 fully saturated rings. The van der Waals surface area contributed by atoms with Gasteiger partial charge in [-0.05, 0) is 32.1 Å². The third-order valence-corrected chi connectivity index (χ3v) is 13.9. The van der Waals surface area contributed by atoms with E-state index < -0.39 is 82.7 Å².